The number of carbonyl (C=O) groups excluding carboxylic acids is 1. The van der Waals surface area contributed by atoms with Crippen LogP contribution in [0.15, 0.2) is 18.2 Å². The Bertz CT molecular complexity index is 679. The number of benzene rings is 1. The molecule has 1 aliphatic carbocycles. The van der Waals surface area contributed by atoms with E-state index in [1.165, 1.54) is 17.1 Å². The van der Waals surface area contributed by atoms with Crippen molar-refractivity contribution in [1.82, 2.24) is 5.32 Å². The van der Waals surface area contributed by atoms with Gasteiger partial charge in [0.15, 0.2) is 0 Å². The highest BCUT2D eigenvalue weighted by atomic mass is 32.2. The van der Waals surface area contributed by atoms with Crippen LogP contribution in [0.5, 0.6) is 0 Å². The van der Waals surface area contributed by atoms with Gasteiger partial charge >= 0.3 is 0 Å². The molecule has 2 aliphatic rings. The first-order valence-corrected chi connectivity index (χ1v) is 9.56. The third-order valence-corrected chi connectivity index (χ3v) is 6.37. The van der Waals surface area contributed by atoms with Crippen LogP contribution in [0.3, 0.4) is 0 Å². The summed E-state index contributed by atoms with van der Waals surface area (Å²) in [4.78, 5) is 12.3. The molecular formula is C16H22N2O3S. The van der Waals surface area contributed by atoms with Gasteiger partial charge in [0.2, 0.25) is 10.0 Å². The molecule has 5 nitrogen and oxygen atoms in total. The van der Waals surface area contributed by atoms with Crippen LogP contribution >= 0.6 is 0 Å². The molecule has 0 spiro atoms. The number of hydrogen-bond acceptors (Lipinski definition) is 3. The average molecular weight is 322 g/mol. The minimum absolute atomic E-state index is 0.0495. The summed E-state index contributed by atoms with van der Waals surface area (Å²) in [5.41, 5.74) is 2.29. The molecule has 120 valence electrons. The van der Waals surface area contributed by atoms with E-state index in [1.807, 2.05) is 6.07 Å². The molecule has 1 aromatic rings. The van der Waals surface area contributed by atoms with Crippen molar-refractivity contribution >= 4 is 21.6 Å². The number of fused-ring (bicyclic) bond motifs is 1. The molecule has 0 bridgehead atoms. The van der Waals surface area contributed by atoms with Crippen molar-refractivity contribution in [3.63, 3.8) is 0 Å². The van der Waals surface area contributed by atoms with Crippen molar-refractivity contribution < 1.29 is 13.2 Å². The van der Waals surface area contributed by atoms with Crippen LogP contribution in [0.25, 0.3) is 0 Å². The molecule has 1 heterocycles. The number of amides is 1. The fourth-order valence-electron chi connectivity index (χ4n) is 3.30. The van der Waals surface area contributed by atoms with E-state index in [2.05, 4.69) is 5.32 Å². The lowest BCUT2D eigenvalue weighted by Crippen LogP contribution is -2.32. The van der Waals surface area contributed by atoms with Gasteiger partial charge in [-0.2, -0.15) is 0 Å². The molecule has 1 N–H and O–H groups in total. The molecule has 0 atom stereocenters. The smallest absolute Gasteiger partial charge is 0.251 e. The van der Waals surface area contributed by atoms with Gasteiger partial charge < -0.3 is 5.32 Å². The van der Waals surface area contributed by atoms with Gasteiger partial charge in [-0.3, -0.25) is 9.10 Å². The lowest BCUT2D eigenvalue weighted by molar-refractivity contribution is 0.0938. The number of nitrogens with zero attached hydrogens (tertiary/aromatic N) is 1. The van der Waals surface area contributed by atoms with Crippen molar-refractivity contribution in [2.45, 2.75) is 45.1 Å². The Labute approximate surface area is 131 Å². The van der Waals surface area contributed by atoms with Gasteiger partial charge in [0.05, 0.1) is 11.4 Å². The summed E-state index contributed by atoms with van der Waals surface area (Å²) in [6.07, 6.45) is 5.13. The number of nitrogens with one attached hydrogen (secondary N) is 1. The number of hydrogen-bond donors (Lipinski definition) is 1. The Morgan fingerprint density at radius 3 is 2.73 bits per heavy atom. The van der Waals surface area contributed by atoms with Gasteiger partial charge in [-0.15, -0.1) is 0 Å². The van der Waals surface area contributed by atoms with Gasteiger partial charge in [0, 0.05) is 18.2 Å². The summed E-state index contributed by atoms with van der Waals surface area (Å²) in [5, 5.41) is 3.07. The van der Waals surface area contributed by atoms with E-state index in [-0.39, 0.29) is 17.7 Å². The zero-order valence-electron chi connectivity index (χ0n) is 12.8. The molecule has 1 fully saturated rings. The standard InChI is InChI=1S/C16H22N2O3S/c1-2-22(20,21)18-10-9-12-11-13(7-8-15(12)18)16(19)17-14-5-3-4-6-14/h7-8,11,14H,2-6,9-10H2,1H3,(H,17,19). The van der Waals surface area contributed by atoms with Gasteiger partial charge in [-0.05, 0) is 49.9 Å². The van der Waals surface area contributed by atoms with Gasteiger partial charge in [-0.25, -0.2) is 8.42 Å². The second-order valence-corrected chi connectivity index (χ2v) is 8.20. The summed E-state index contributed by atoms with van der Waals surface area (Å²) < 4.78 is 25.6. The molecule has 6 heteroatoms. The third-order valence-electron chi connectivity index (χ3n) is 4.59. The predicted molar refractivity (Wildman–Crippen MR) is 86.7 cm³/mol. The van der Waals surface area contributed by atoms with E-state index >= 15 is 0 Å². The molecule has 0 unspecified atom stereocenters. The predicted octanol–water partition coefficient (Wildman–Crippen LogP) is 2.07. The zero-order valence-corrected chi connectivity index (χ0v) is 13.7. The average Bonchev–Trinajstić information content (AvgIpc) is 3.15. The van der Waals surface area contributed by atoms with E-state index in [4.69, 9.17) is 0 Å². The van der Waals surface area contributed by atoms with Crippen LogP contribution in [0.4, 0.5) is 5.69 Å². The fourth-order valence-corrected chi connectivity index (χ4v) is 4.46. The molecule has 3 rings (SSSR count). The number of sulfonamides is 1. The highest BCUT2D eigenvalue weighted by Gasteiger charge is 2.28. The Balaban J connectivity index is 1.79. The lowest BCUT2D eigenvalue weighted by atomic mass is 10.1. The summed E-state index contributed by atoms with van der Waals surface area (Å²) in [6, 6.07) is 5.62. The molecule has 1 amide bonds. The molecule has 1 aromatic carbocycles. The first-order valence-electron chi connectivity index (χ1n) is 7.95. The molecule has 1 aliphatic heterocycles. The summed E-state index contributed by atoms with van der Waals surface area (Å²) in [7, 11) is -3.23. The molecule has 0 saturated heterocycles. The monoisotopic (exact) mass is 322 g/mol. The Kier molecular flexibility index (Phi) is 4.12. The van der Waals surface area contributed by atoms with Crippen molar-refractivity contribution in [2.24, 2.45) is 0 Å². The second-order valence-electron chi connectivity index (χ2n) is 6.02. The summed E-state index contributed by atoms with van der Waals surface area (Å²) >= 11 is 0. The largest absolute Gasteiger partial charge is 0.349 e. The number of rotatable bonds is 4. The van der Waals surface area contributed by atoms with E-state index in [9.17, 15) is 13.2 Å². The second kappa shape index (κ2) is 5.91. The minimum atomic E-state index is -3.23. The lowest BCUT2D eigenvalue weighted by Gasteiger charge is -2.18. The Morgan fingerprint density at radius 2 is 2.05 bits per heavy atom. The Hall–Kier alpha value is -1.56. The van der Waals surface area contributed by atoms with Crippen LogP contribution in [0, 0.1) is 0 Å². The first-order chi connectivity index (χ1) is 10.5. The van der Waals surface area contributed by atoms with Crippen LogP contribution in [-0.2, 0) is 16.4 Å². The molecule has 1 saturated carbocycles. The number of anilines is 1. The summed E-state index contributed by atoms with van der Waals surface area (Å²) in [5.74, 6) is 0.0441. The van der Waals surface area contributed by atoms with E-state index in [0.29, 0.717) is 18.5 Å². The first kappa shape index (κ1) is 15.3. The van der Waals surface area contributed by atoms with Crippen molar-refractivity contribution in [3.8, 4) is 0 Å². The normalized spacial score (nSPS) is 18.5. The molecular weight excluding hydrogens is 300 g/mol. The fraction of sp³-hybridized carbons (Fsp3) is 0.562. The van der Waals surface area contributed by atoms with Crippen molar-refractivity contribution in [2.75, 3.05) is 16.6 Å². The van der Waals surface area contributed by atoms with E-state index < -0.39 is 10.0 Å². The highest BCUT2D eigenvalue weighted by Crippen LogP contribution is 2.31. The maximum Gasteiger partial charge on any atom is 0.251 e. The van der Waals surface area contributed by atoms with Crippen LogP contribution < -0.4 is 9.62 Å². The molecule has 0 aromatic heterocycles. The van der Waals surface area contributed by atoms with E-state index in [1.54, 1.807) is 19.1 Å². The SMILES string of the molecule is CCS(=O)(=O)N1CCc2cc(C(=O)NC3CCCC3)ccc21. The maximum atomic E-state index is 12.3. The van der Waals surface area contributed by atoms with Gasteiger partial charge in [0.25, 0.3) is 5.91 Å². The third kappa shape index (κ3) is 2.84. The Morgan fingerprint density at radius 1 is 1.32 bits per heavy atom. The number of carbonyl (C=O) groups is 1. The van der Waals surface area contributed by atoms with Crippen LogP contribution in [0.2, 0.25) is 0 Å². The zero-order chi connectivity index (χ0) is 15.7. The van der Waals surface area contributed by atoms with Crippen molar-refractivity contribution in [3.05, 3.63) is 29.3 Å². The highest BCUT2D eigenvalue weighted by molar-refractivity contribution is 7.92. The summed E-state index contributed by atoms with van der Waals surface area (Å²) in [6.45, 7) is 2.12. The van der Waals surface area contributed by atoms with Gasteiger partial charge in [-0.1, -0.05) is 12.8 Å². The molecule has 22 heavy (non-hydrogen) atoms. The van der Waals surface area contributed by atoms with E-state index in [0.717, 1.165) is 24.1 Å². The van der Waals surface area contributed by atoms with Crippen molar-refractivity contribution in [1.29, 1.82) is 0 Å². The quantitative estimate of drug-likeness (QED) is 0.923. The van der Waals surface area contributed by atoms with Crippen LogP contribution in [-0.4, -0.2) is 32.7 Å². The van der Waals surface area contributed by atoms with Crippen LogP contribution in [0.1, 0.15) is 48.5 Å². The maximum absolute atomic E-state index is 12.3. The minimum Gasteiger partial charge on any atom is -0.349 e. The topological polar surface area (TPSA) is 66.5 Å². The molecule has 0 radical (unpaired) electrons. The van der Waals surface area contributed by atoms with Gasteiger partial charge in [0.1, 0.15) is 0 Å².